The van der Waals surface area contributed by atoms with Gasteiger partial charge in [0.2, 0.25) is 5.88 Å². The number of hydrogen-bond donors (Lipinski definition) is 1. The van der Waals surface area contributed by atoms with Crippen molar-refractivity contribution < 1.29 is 4.74 Å². The van der Waals surface area contributed by atoms with Crippen molar-refractivity contribution in [3.8, 4) is 11.6 Å². The molecule has 0 aliphatic rings. The Morgan fingerprint density at radius 2 is 2.00 bits per heavy atom. The largest absolute Gasteiger partial charge is 0.439 e. The van der Waals surface area contributed by atoms with E-state index in [2.05, 4.69) is 39.9 Å². The molecule has 2 aromatic rings. The molecule has 0 aliphatic heterocycles. The molecule has 4 nitrogen and oxygen atoms in total. The maximum absolute atomic E-state index is 5.97. The van der Waals surface area contributed by atoms with Gasteiger partial charge in [0.15, 0.2) is 0 Å². The van der Waals surface area contributed by atoms with Crippen LogP contribution in [0.3, 0.4) is 0 Å². The first-order valence-electron chi connectivity index (χ1n) is 6.28. The smallest absolute Gasteiger partial charge is 0.222 e. The minimum absolute atomic E-state index is 0.774. The SMILES string of the molecule is CCNCc1c(C)nn(C)c1Oc1ccc(I)cc1. The zero-order valence-corrected chi connectivity index (χ0v) is 13.6. The third kappa shape index (κ3) is 3.48. The fraction of sp³-hybridized carbons (Fsp3) is 0.357. The Morgan fingerprint density at radius 1 is 1.32 bits per heavy atom. The lowest BCUT2D eigenvalue weighted by molar-refractivity contribution is 0.424. The van der Waals surface area contributed by atoms with E-state index in [1.165, 1.54) is 3.57 Å². The van der Waals surface area contributed by atoms with Crippen LogP contribution in [0, 0.1) is 10.5 Å². The van der Waals surface area contributed by atoms with Gasteiger partial charge in [0.25, 0.3) is 0 Å². The molecule has 0 spiro atoms. The molecule has 0 fully saturated rings. The number of benzene rings is 1. The Hall–Kier alpha value is -1.08. The van der Waals surface area contributed by atoms with Gasteiger partial charge in [-0.3, -0.25) is 0 Å². The second-order valence-electron chi connectivity index (χ2n) is 4.33. The molecule has 0 unspecified atom stereocenters. The van der Waals surface area contributed by atoms with Gasteiger partial charge in [0, 0.05) is 17.2 Å². The lowest BCUT2D eigenvalue weighted by atomic mass is 10.2. The van der Waals surface area contributed by atoms with Gasteiger partial charge in [0.1, 0.15) is 5.75 Å². The Kier molecular flexibility index (Phi) is 4.81. The summed E-state index contributed by atoms with van der Waals surface area (Å²) < 4.78 is 8.96. The monoisotopic (exact) mass is 371 g/mol. The molecule has 1 N–H and O–H groups in total. The van der Waals surface area contributed by atoms with Crippen LogP contribution < -0.4 is 10.1 Å². The first kappa shape index (κ1) is 14.3. The van der Waals surface area contributed by atoms with Gasteiger partial charge < -0.3 is 10.1 Å². The van der Waals surface area contributed by atoms with Crippen molar-refractivity contribution in [2.24, 2.45) is 7.05 Å². The molecule has 5 heteroatoms. The summed E-state index contributed by atoms with van der Waals surface area (Å²) in [5, 5.41) is 7.75. The molecular formula is C14H18IN3O. The maximum Gasteiger partial charge on any atom is 0.222 e. The summed E-state index contributed by atoms with van der Waals surface area (Å²) in [7, 11) is 1.91. The normalized spacial score (nSPS) is 10.7. The number of nitrogens with one attached hydrogen (secondary N) is 1. The number of hydrogen-bond acceptors (Lipinski definition) is 3. The number of ether oxygens (including phenoxy) is 1. The zero-order chi connectivity index (χ0) is 13.8. The van der Waals surface area contributed by atoms with Crippen LogP contribution in [0.5, 0.6) is 11.6 Å². The molecule has 0 radical (unpaired) electrons. The standard InChI is InChI=1S/C14H18IN3O/c1-4-16-9-13-10(2)17-18(3)14(13)19-12-7-5-11(15)6-8-12/h5-8,16H,4,9H2,1-3H3. The van der Waals surface area contributed by atoms with E-state index in [0.717, 1.165) is 36.0 Å². The van der Waals surface area contributed by atoms with Crippen molar-refractivity contribution >= 4 is 22.6 Å². The summed E-state index contributed by atoms with van der Waals surface area (Å²) in [6.07, 6.45) is 0. The highest BCUT2D eigenvalue weighted by Gasteiger charge is 2.14. The predicted molar refractivity (Wildman–Crippen MR) is 84.6 cm³/mol. The van der Waals surface area contributed by atoms with Gasteiger partial charge in [-0.15, -0.1) is 0 Å². The highest BCUT2D eigenvalue weighted by molar-refractivity contribution is 14.1. The van der Waals surface area contributed by atoms with Crippen LogP contribution in [-0.4, -0.2) is 16.3 Å². The Morgan fingerprint density at radius 3 is 2.63 bits per heavy atom. The second-order valence-corrected chi connectivity index (χ2v) is 5.57. The lowest BCUT2D eigenvalue weighted by Crippen LogP contribution is -2.12. The molecule has 1 heterocycles. The highest BCUT2D eigenvalue weighted by atomic mass is 127. The third-order valence-corrected chi connectivity index (χ3v) is 3.59. The van der Waals surface area contributed by atoms with E-state index in [-0.39, 0.29) is 0 Å². The first-order chi connectivity index (χ1) is 9.11. The second kappa shape index (κ2) is 6.38. The molecule has 1 aromatic heterocycles. The third-order valence-electron chi connectivity index (χ3n) is 2.87. The molecule has 0 amide bonds. The molecule has 102 valence electrons. The number of rotatable bonds is 5. The summed E-state index contributed by atoms with van der Waals surface area (Å²) in [4.78, 5) is 0. The zero-order valence-electron chi connectivity index (χ0n) is 11.4. The molecule has 0 atom stereocenters. The van der Waals surface area contributed by atoms with E-state index in [0.29, 0.717) is 0 Å². The molecule has 0 bridgehead atoms. The van der Waals surface area contributed by atoms with Crippen LogP contribution >= 0.6 is 22.6 Å². The molecular weight excluding hydrogens is 353 g/mol. The summed E-state index contributed by atoms with van der Waals surface area (Å²) in [5.74, 6) is 1.64. The van der Waals surface area contributed by atoms with E-state index < -0.39 is 0 Å². The number of aromatic nitrogens is 2. The van der Waals surface area contributed by atoms with Crippen LogP contribution in [-0.2, 0) is 13.6 Å². The Bertz CT molecular complexity index is 549. The van der Waals surface area contributed by atoms with Gasteiger partial charge in [-0.25, -0.2) is 4.68 Å². The van der Waals surface area contributed by atoms with E-state index in [1.54, 1.807) is 4.68 Å². The van der Waals surface area contributed by atoms with Crippen LogP contribution in [0.15, 0.2) is 24.3 Å². The van der Waals surface area contributed by atoms with Crippen molar-refractivity contribution in [2.45, 2.75) is 20.4 Å². The van der Waals surface area contributed by atoms with E-state index >= 15 is 0 Å². The number of aryl methyl sites for hydroxylation is 2. The Balaban J connectivity index is 2.25. The van der Waals surface area contributed by atoms with Gasteiger partial charge in [-0.1, -0.05) is 6.92 Å². The minimum atomic E-state index is 0.774. The molecule has 0 saturated carbocycles. The molecule has 0 saturated heterocycles. The summed E-state index contributed by atoms with van der Waals surface area (Å²) in [5.41, 5.74) is 2.12. The molecule has 2 rings (SSSR count). The summed E-state index contributed by atoms with van der Waals surface area (Å²) in [6.45, 7) is 5.80. The van der Waals surface area contributed by atoms with Crippen molar-refractivity contribution in [2.75, 3.05) is 6.54 Å². The summed E-state index contributed by atoms with van der Waals surface area (Å²) >= 11 is 2.28. The average Bonchev–Trinajstić information content (AvgIpc) is 2.65. The van der Waals surface area contributed by atoms with Crippen LogP contribution in [0.4, 0.5) is 0 Å². The van der Waals surface area contributed by atoms with Crippen molar-refractivity contribution in [1.82, 2.24) is 15.1 Å². The van der Waals surface area contributed by atoms with Crippen molar-refractivity contribution in [1.29, 1.82) is 0 Å². The van der Waals surface area contributed by atoms with Crippen LogP contribution in [0.1, 0.15) is 18.2 Å². The van der Waals surface area contributed by atoms with E-state index in [4.69, 9.17) is 4.74 Å². The van der Waals surface area contributed by atoms with Gasteiger partial charge >= 0.3 is 0 Å². The first-order valence-corrected chi connectivity index (χ1v) is 7.36. The molecule has 1 aromatic carbocycles. The van der Waals surface area contributed by atoms with Gasteiger partial charge in [0.05, 0.1) is 11.3 Å². The lowest BCUT2D eigenvalue weighted by Gasteiger charge is -2.09. The van der Waals surface area contributed by atoms with Crippen LogP contribution in [0.25, 0.3) is 0 Å². The fourth-order valence-corrected chi connectivity index (χ4v) is 2.24. The van der Waals surface area contributed by atoms with E-state index in [9.17, 15) is 0 Å². The van der Waals surface area contributed by atoms with Gasteiger partial charge in [-0.05, 0) is 60.3 Å². The Labute approximate surface area is 127 Å². The molecule has 19 heavy (non-hydrogen) atoms. The number of halogens is 1. The number of nitrogens with zero attached hydrogens (tertiary/aromatic N) is 2. The predicted octanol–water partition coefficient (Wildman–Crippen LogP) is 3.23. The topological polar surface area (TPSA) is 39.1 Å². The van der Waals surface area contributed by atoms with Gasteiger partial charge in [-0.2, -0.15) is 5.10 Å². The van der Waals surface area contributed by atoms with Crippen molar-refractivity contribution in [3.63, 3.8) is 0 Å². The average molecular weight is 371 g/mol. The maximum atomic E-state index is 5.97. The van der Waals surface area contributed by atoms with Crippen LogP contribution in [0.2, 0.25) is 0 Å². The summed E-state index contributed by atoms with van der Waals surface area (Å²) in [6, 6.07) is 8.01. The minimum Gasteiger partial charge on any atom is -0.439 e. The highest BCUT2D eigenvalue weighted by Crippen LogP contribution is 2.27. The van der Waals surface area contributed by atoms with E-state index in [1.807, 2.05) is 38.2 Å². The molecule has 0 aliphatic carbocycles. The quantitative estimate of drug-likeness (QED) is 0.821. The fourth-order valence-electron chi connectivity index (χ4n) is 1.88. The van der Waals surface area contributed by atoms with Crippen molar-refractivity contribution in [3.05, 3.63) is 39.1 Å².